The second-order valence-corrected chi connectivity index (χ2v) is 4.06. The van der Waals surface area contributed by atoms with Crippen molar-refractivity contribution in [3.8, 4) is 0 Å². The van der Waals surface area contributed by atoms with Crippen LogP contribution in [0.4, 0.5) is 5.82 Å². The van der Waals surface area contributed by atoms with Gasteiger partial charge < -0.3 is 10.3 Å². The van der Waals surface area contributed by atoms with Gasteiger partial charge in [0.1, 0.15) is 5.52 Å². The number of imidazole rings is 1. The van der Waals surface area contributed by atoms with E-state index in [1.54, 1.807) is 12.4 Å². The van der Waals surface area contributed by atoms with E-state index >= 15 is 0 Å². The lowest BCUT2D eigenvalue weighted by Gasteiger charge is -2.05. The van der Waals surface area contributed by atoms with Crippen LogP contribution < -0.4 is 5.32 Å². The molecule has 0 aromatic carbocycles. The Kier molecular flexibility index (Phi) is 2.09. The predicted octanol–water partition coefficient (Wildman–Crippen LogP) is 1.82. The van der Waals surface area contributed by atoms with Gasteiger partial charge in [0, 0.05) is 6.54 Å². The van der Waals surface area contributed by atoms with E-state index in [2.05, 4.69) is 31.8 Å². The first kappa shape index (κ1) is 9.33. The van der Waals surface area contributed by atoms with Gasteiger partial charge in [0.25, 0.3) is 0 Å². The molecule has 1 aliphatic carbocycles. The van der Waals surface area contributed by atoms with Gasteiger partial charge in [-0.1, -0.05) is 6.58 Å². The van der Waals surface area contributed by atoms with Gasteiger partial charge in [-0.15, -0.1) is 0 Å². The van der Waals surface area contributed by atoms with Crippen LogP contribution >= 0.6 is 0 Å². The first-order valence-electron chi connectivity index (χ1n) is 5.44. The number of hydrogen-bond donors (Lipinski definition) is 2. The summed E-state index contributed by atoms with van der Waals surface area (Å²) in [4.78, 5) is 15.8. The molecule has 2 heterocycles. The number of anilines is 1. The standard InChI is InChI=1S/C11H13N5/c1-2-8-15-10(12-5-7-3-4-7)9-11(16-8)14-6-13-9/h2,6-7H,1,3-5H2,(H2,12,13,14,15,16). The lowest BCUT2D eigenvalue weighted by molar-refractivity contribution is 0.882. The van der Waals surface area contributed by atoms with E-state index in [1.165, 1.54) is 12.8 Å². The molecule has 16 heavy (non-hydrogen) atoms. The van der Waals surface area contributed by atoms with Crippen molar-refractivity contribution in [2.45, 2.75) is 12.8 Å². The molecule has 3 rings (SSSR count). The van der Waals surface area contributed by atoms with E-state index in [1.807, 2.05) is 0 Å². The third-order valence-corrected chi connectivity index (χ3v) is 2.74. The molecule has 0 spiro atoms. The third kappa shape index (κ3) is 1.64. The van der Waals surface area contributed by atoms with Gasteiger partial charge >= 0.3 is 0 Å². The number of hydrogen-bond acceptors (Lipinski definition) is 4. The molecule has 1 fully saturated rings. The summed E-state index contributed by atoms with van der Waals surface area (Å²) < 4.78 is 0. The fraction of sp³-hybridized carbons (Fsp3) is 0.364. The molecule has 2 aromatic rings. The number of nitrogens with zero attached hydrogens (tertiary/aromatic N) is 3. The van der Waals surface area contributed by atoms with E-state index in [0.29, 0.717) is 11.5 Å². The maximum Gasteiger partial charge on any atom is 0.183 e. The summed E-state index contributed by atoms with van der Waals surface area (Å²) in [7, 11) is 0. The van der Waals surface area contributed by atoms with E-state index in [4.69, 9.17) is 0 Å². The summed E-state index contributed by atoms with van der Waals surface area (Å²) in [6.45, 7) is 4.65. The quantitative estimate of drug-likeness (QED) is 0.816. The molecule has 0 aliphatic heterocycles. The van der Waals surface area contributed by atoms with Crippen molar-refractivity contribution in [3.63, 3.8) is 0 Å². The van der Waals surface area contributed by atoms with Crippen molar-refractivity contribution in [2.24, 2.45) is 5.92 Å². The highest BCUT2D eigenvalue weighted by Gasteiger charge is 2.21. The number of H-pyrrole nitrogens is 1. The molecular formula is C11H13N5. The fourth-order valence-electron chi connectivity index (χ4n) is 1.63. The number of nitrogens with one attached hydrogen (secondary N) is 2. The third-order valence-electron chi connectivity index (χ3n) is 2.74. The van der Waals surface area contributed by atoms with Crippen molar-refractivity contribution in [1.29, 1.82) is 0 Å². The minimum absolute atomic E-state index is 0.609. The van der Waals surface area contributed by atoms with Crippen LogP contribution in [0.1, 0.15) is 18.7 Å². The van der Waals surface area contributed by atoms with Gasteiger partial charge in [0.05, 0.1) is 6.33 Å². The number of rotatable bonds is 4. The second kappa shape index (κ2) is 3.59. The molecule has 0 saturated heterocycles. The number of fused-ring (bicyclic) bond motifs is 1. The summed E-state index contributed by atoms with van der Waals surface area (Å²) in [5, 5.41) is 3.34. The molecule has 1 saturated carbocycles. The molecule has 0 amide bonds. The van der Waals surface area contributed by atoms with Crippen LogP contribution in [0.15, 0.2) is 12.9 Å². The zero-order chi connectivity index (χ0) is 11.0. The molecule has 0 radical (unpaired) electrons. The summed E-state index contributed by atoms with van der Waals surface area (Å²) in [6, 6.07) is 0. The summed E-state index contributed by atoms with van der Waals surface area (Å²) in [6.07, 6.45) is 5.90. The normalized spacial score (nSPS) is 15.2. The smallest absolute Gasteiger partial charge is 0.183 e. The van der Waals surface area contributed by atoms with Gasteiger partial charge in [0.15, 0.2) is 17.3 Å². The van der Waals surface area contributed by atoms with E-state index < -0.39 is 0 Å². The van der Waals surface area contributed by atoms with Crippen molar-refractivity contribution < 1.29 is 0 Å². The molecule has 2 aromatic heterocycles. The molecule has 5 nitrogen and oxygen atoms in total. The van der Waals surface area contributed by atoms with Gasteiger partial charge in [-0.25, -0.2) is 15.0 Å². The van der Waals surface area contributed by atoms with Crippen LogP contribution in [0.2, 0.25) is 0 Å². The summed E-state index contributed by atoms with van der Waals surface area (Å²) in [5.74, 6) is 2.24. The van der Waals surface area contributed by atoms with Crippen LogP contribution in [0.25, 0.3) is 17.2 Å². The van der Waals surface area contributed by atoms with Crippen LogP contribution in [-0.4, -0.2) is 26.5 Å². The lowest BCUT2D eigenvalue weighted by atomic mass is 10.4. The Morgan fingerprint density at radius 1 is 1.50 bits per heavy atom. The molecule has 5 heteroatoms. The Balaban J connectivity index is 1.97. The number of aromatic amines is 1. The SMILES string of the molecule is C=Cc1nc(NCC2CC2)c2[nH]cnc2n1. The van der Waals surface area contributed by atoms with E-state index in [-0.39, 0.29) is 0 Å². The zero-order valence-corrected chi connectivity index (χ0v) is 8.90. The minimum Gasteiger partial charge on any atom is -0.368 e. The lowest BCUT2D eigenvalue weighted by Crippen LogP contribution is -2.07. The maximum absolute atomic E-state index is 4.38. The Bertz CT molecular complexity index is 526. The molecule has 2 N–H and O–H groups in total. The van der Waals surface area contributed by atoms with Crippen LogP contribution in [-0.2, 0) is 0 Å². The van der Waals surface area contributed by atoms with Gasteiger partial charge in [-0.3, -0.25) is 0 Å². The topological polar surface area (TPSA) is 66.5 Å². The largest absolute Gasteiger partial charge is 0.368 e. The average molecular weight is 215 g/mol. The molecule has 1 aliphatic rings. The van der Waals surface area contributed by atoms with Crippen molar-refractivity contribution in [2.75, 3.05) is 11.9 Å². The summed E-state index contributed by atoms with van der Waals surface area (Å²) in [5.41, 5.74) is 1.55. The van der Waals surface area contributed by atoms with Gasteiger partial charge in [-0.2, -0.15) is 0 Å². The zero-order valence-electron chi connectivity index (χ0n) is 8.90. The molecule has 0 unspecified atom stereocenters. The van der Waals surface area contributed by atoms with Crippen LogP contribution in [0.5, 0.6) is 0 Å². The van der Waals surface area contributed by atoms with Gasteiger partial charge in [-0.05, 0) is 24.8 Å². The highest BCUT2D eigenvalue weighted by molar-refractivity contribution is 5.83. The average Bonchev–Trinajstić information content (AvgIpc) is 3.02. The highest BCUT2D eigenvalue weighted by Crippen LogP contribution is 2.29. The Morgan fingerprint density at radius 3 is 3.12 bits per heavy atom. The van der Waals surface area contributed by atoms with E-state index in [0.717, 1.165) is 23.8 Å². The second-order valence-electron chi connectivity index (χ2n) is 4.06. The molecule has 0 bridgehead atoms. The molecular weight excluding hydrogens is 202 g/mol. The predicted molar refractivity (Wildman–Crippen MR) is 63.0 cm³/mol. The Hall–Kier alpha value is -1.91. The minimum atomic E-state index is 0.609. The summed E-state index contributed by atoms with van der Waals surface area (Å²) >= 11 is 0. The number of aromatic nitrogens is 4. The fourth-order valence-corrected chi connectivity index (χ4v) is 1.63. The highest BCUT2D eigenvalue weighted by atomic mass is 15.1. The Labute approximate surface area is 93.0 Å². The first-order valence-corrected chi connectivity index (χ1v) is 5.44. The first-order chi connectivity index (χ1) is 7.86. The maximum atomic E-state index is 4.38. The monoisotopic (exact) mass is 215 g/mol. The Morgan fingerprint density at radius 2 is 2.38 bits per heavy atom. The van der Waals surface area contributed by atoms with Crippen molar-refractivity contribution >= 4 is 23.1 Å². The molecule has 0 atom stereocenters. The van der Waals surface area contributed by atoms with Gasteiger partial charge in [0.2, 0.25) is 0 Å². The van der Waals surface area contributed by atoms with Crippen LogP contribution in [0, 0.1) is 5.92 Å². The van der Waals surface area contributed by atoms with E-state index in [9.17, 15) is 0 Å². The van der Waals surface area contributed by atoms with Crippen molar-refractivity contribution in [1.82, 2.24) is 19.9 Å². The molecule has 82 valence electrons. The van der Waals surface area contributed by atoms with Crippen LogP contribution in [0.3, 0.4) is 0 Å². The van der Waals surface area contributed by atoms with Crippen molar-refractivity contribution in [3.05, 3.63) is 18.7 Å².